The van der Waals surface area contributed by atoms with Crippen molar-refractivity contribution in [3.05, 3.63) is 18.5 Å². The summed E-state index contributed by atoms with van der Waals surface area (Å²) in [5.74, 6) is -0.164. The lowest BCUT2D eigenvalue weighted by Crippen LogP contribution is -2.47. The van der Waals surface area contributed by atoms with E-state index in [2.05, 4.69) is 20.7 Å². The van der Waals surface area contributed by atoms with Crippen LogP contribution in [0.5, 0.6) is 0 Å². The van der Waals surface area contributed by atoms with Crippen LogP contribution in [0.2, 0.25) is 0 Å². The van der Waals surface area contributed by atoms with E-state index < -0.39 is 6.04 Å². The molecule has 2 amide bonds. The first-order valence-electron chi connectivity index (χ1n) is 8.87. The number of carbonyl (C=O) groups excluding carboxylic acids is 2. The van der Waals surface area contributed by atoms with E-state index in [1.165, 1.54) is 6.92 Å². The molecule has 1 aliphatic carbocycles. The molecule has 0 spiro atoms. The molecule has 0 radical (unpaired) electrons. The lowest BCUT2D eigenvalue weighted by Gasteiger charge is -2.23. The van der Waals surface area contributed by atoms with Crippen molar-refractivity contribution in [2.75, 3.05) is 5.32 Å². The molecule has 0 bridgehead atoms. The number of nitrogens with zero attached hydrogens (tertiary/aromatic N) is 3. The van der Waals surface area contributed by atoms with E-state index in [0.29, 0.717) is 5.69 Å². The molecular weight excluding hydrogens is 318 g/mol. The predicted octanol–water partition coefficient (Wildman–Crippen LogP) is 2.65. The summed E-state index contributed by atoms with van der Waals surface area (Å²) in [7, 11) is 0. The lowest BCUT2D eigenvalue weighted by molar-refractivity contribution is -0.126. The van der Waals surface area contributed by atoms with Gasteiger partial charge in [0.25, 0.3) is 0 Å². The number of fused-ring (bicyclic) bond motifs is 1. The topological polar surface area (TPSA) is 88.9 Å². The standard InChI is InChI=1S/C18H25N5O2/c1-11(2)23-17-14(9-20-23)8-15(10-19-17)22-18(25)16(21-12(3)24)13-6-4-5-7-13/h8-11,13,16H,4-7H2,1-3H3,(H,21,24)(H,22,25)/t16-/m1/s1. The minimum atomic E-state index is -0.492. The molecule has 0 saturated heterocycles. The highest BCUT2D eigenvalue weighted by Gasteiger charge is 2.31. The van der Waals surface area contributed by atoms with E-state index >= 15 is 0 Å². The molecule has 7 nitrogen and oxygen atoms in total. The summed E-state index contributed by atoms with van der Waals surface area (Å²) in [5, 5.41) is 10.9. The van der Waals surface area contributed by atoms with Crippen LogP contribution in [0.3, 0.4) is 0 Å². The molecule has 2 aromatic heterocycles. The summed E-state index contributed by atoms with van der Waals surface area (Å²) in [4.78, 5) is 28.6. The van der Waals surface area contributed by atoms with E-state index in [-0.39, 0.29) is 23.8 Å². The lowest BCUT2D eigenvalue weighted by atomic mass is 9.97. The zero-order valence-corrected chi connectivity index (χ0v) is 15.0. The van der Waals surface area contributed by atoms with Gasteiger partial charge in [-0.05, 0) is 38.7 Å². The average Bonchev–Trinajstić information content (AvgIpc) is 3.21. The normalized spacial score (nSPS) is 16.3. The van der Waals surface area contributed by atoms with Crippen LogP contribution >= 0.6 is 0 Å². The van der Waals surface area contributed by atoms with Crippen LogP contribution in [0, 0.1) is 5.92 Å². The Kier molecular flexibility index (Phi) is 5.01. The van der Waals surface area contributed by atoms with Gasteiger partial charge in [0, 0.05) is 18.4 Å². The summed E-state index contributed by atoms with van der Waals surface area (Å²) in [6, 6.07) is 1.59. The van der Waals surface area contributed by atoms with Crippen LogP contribution in [0.1, 0.15) is 52.5 Å². The van der Waals surface area contributed by atoms with Crippen molar-refractivity contribution >= 4 is 28.5 Å². The Morgan fingerprint density at radius 3 is 2.60 bits per heavy atom. The maximum atomic E-state index is 12.7. The van der Waals surface area contributed by atoms with Gasteiger partial charge < -0.3 is 10.6 Å². The van der Waals surface area contributed by atoms with Crippen LogP contribution in [0.15, 0.2) is 18.5 Å². The number of anilines is 1. The third-order valence-electron chi connectivity index (χ3n) is 4.70. The van der Waals surface area contributed by atoms with E-state index in [1.54, 1.807) is 12.4 Å². The number of nitrogens with one attached hydrogen (secondary N) is 2. The monoisotopic (exact) mass is 343 g/mol. The van der Waals surface area contributed by atoms with Gasteiger partial charge in [0.05, 0.1) is 18.1 Å². The van der Waals surface area contributed by atoms with Gasteiger partial charge in [0.15, 0.2) is 5.65 Å². The highest BCUT2D eigenvalue weighted by Crippen LogP contribution is 2.28. The summed E-state index contributed by atoms with van der Waals surface area (Å²) in [6.07, 6.45) is 7.54. The molecule has 2 aromatic rings. The zero-order chi connectivity index (χ0) is 18.0. The van der Waals surface area contributed by atoms with Gasteiger partial charge in [-0.25, -0.2) is 9.67 Å². The van der Waals surface area contributed by atoms with Gasteiger partial charge in [-0.2, -0.15) is 5.10 Å². The Hall–Kier alpha value is -2.44. The van der Waals surface area contributed by atoms with Crippen molar-refractivity contribution in [1.29, 1.82) is 0 Å². The number of pyridine rings is 1. The van der Waals surface area contributed by atoms with Gasteiger partial charge in [0.1, 0.15) is 6.04 Å². The van der Waals surface area contributed by atoms with Gasteiger partial charge in [-0.15, -0.1) is 0 Å². The Labute approximate surface area is 147 Å². The van der Waals surface area contributed by atoms with Crippen LogP contribution in [-0.2, 0) is 9.59 Å². The van der Waals surface area contributed by atoms with Crippen molar-refractivity contribution in [2.45, 2.75) is 58.5 Å². The zero-order valence-electron chi connectivity index (χ0n) is 15.0. The van der Waals surface area contributed by atoms with Crippen molar-refractivity contribution in [1.82, 2.24) is 20.1 Å². The SMILES string of the molecule is CC(=O)N[C@@H](C(=O)Nc1cnc2c(cnn2C(C)C)c1)C1CCCC1. The molecular formula is C18H25N5O2. The van der Waals surface area contributed by atoms with Crippen molar-refractivity contribution in [2.24, 2.45) is 5.92 Å². The third kappa shape index (κ3) is 3.81. The molecule has 25 heavy (non-hydrogen) atoms. The quantitative estimate of drug-likeness (QED) is 0.873. The second-order valence-corrected chi connectivity index (χ2v) is 7.03. The van der Waals surface area contributed by atoms with Crippen LogP contribution < -0.4 is 10.6 Å². The highest BCUT2D eigenvalue weighted by molar-refractivity contribution is 5.98. The fourth-order valence-electron chi connectivity index (χ4n) is 3.51. The van der Waals surface area contributed by atoms with Crippen molar-refractivity contribution in [3.63, 3.8) is 0 Å². The summed E-state index contributed by atoms with van der Waals surface area (Å²) in [6.45, 7) is 5.54. The molecule has 1 saturated carbocycles. The molecule has 7 heteroatoms. The number of hydrogen-bond donors (Lipinski definition) is 2. The summed E-state index contributed by atoms with van der Waals surface area (Å²) >= 11 is 0. The summed E-state index contributed by atoms with van der Waals surface area (Å²) in [5.41, 5.74) is 1.41. The fourth-order valence-corrected chi connectivity index (χ4v) is 3.51. The number of amides is 2. The maximum Gasteiger partial charge on any atom is 0.247 e. The van der Waals surface area contributed by atoms with Crippen LogP contribution in [0.25, 0.3) is 11.0 Å². The molecule has 3 rings (SSSR count). The second-order valence-electron chi connectivity index (χ2n) is 7.03. The van der Waals surface area contributed by atoms with Gasteiger partial charge in [-0.3, -0.25) is 9.59 Å². The molecule has 0 aromatic carbocycles. The molecule has 1 fully saturated rings. The molecule has 1 aliphatic rings. The van der Waals surface area contributed by atoms with Crippen molar-refractivity contribution in [3.8, 4) is 0 Å². The van der Waals surface area contributed by atoms with Crippen LogP contribution in [-0.4, -0.2) is 32.6 Å². The van der Waals surface area contributed by atoms with Gasteiger partial charge >= 0.3 is 0 Å². The maximum absolute atomic E-state index is 12.7. The van der Waals surface area contributed by atoms with Crippen molar-refractivity contribution < 1.29 is 9.59 Å². The minimum Gasteiger partial charge on any atom is -0.344 e. The van der Waals surface area contributed by atoms with Crippen LogP contribution in [0.4, 0.5) is 5.69 Å². The first-order valence-corrected chi connectivity index (χ1v) is 8.87. The molecule has 2 N–H and O–H groups in total. The molecule has 0 unspecified atom stereocenters. The molecule has 0 aliphatic heterocycles. The van der Waals surface area contributed by atoms with Gasteiger partial charge in [-0.1, -0.05) is 12.8 Å². The Bertz CT molecular complexity index is 777. The Morgan fingerprint density at radius 2 is 1.96 bits per heavy atom. The van der Waals surface area contributed by atoms with E-state index in [4.69, 9.17) is 0 Å². The van der Waals surface area contributed by atoms with E-state index in [0.717, 1.165) is 36.7 Å². The number of aromatic nitrogens is 3. The van der Waals surface area contributed by atoms with E-state index in [1.807, 2.05) is 24.6 Å². The number of hydrogen-bond acceptors (Lipinski definition) is 4. The first kappa shape index (κ1) is 17.4. The summed E-state index contributed by atoms with van der Waals surface area (Å²) < 4.78 is 1.85. The van der Waals surface area contributed by atoms with E-state index in [9.17, 15) is 9.59 Å². The predicted molar refractivity (Wildman–Crippen MR) is 96.1 cm³/mol. The number of rotatable bonds is 5. The Balaban J connectivity index is 1.78. The molecule has 134 valence electrons. The minimum absolute atomic E-state index is 0.181. The average molecular weight is 343 g/mol. The second kappa shape index (κ2) is 7.21. The molecule has 1 atom stereocenters. The smallest absolute Gasteiger partial charge is 0.247 e. The fraction of sp³-hybridized carbons (Fsp3) is 0.556. The van der Waals surface area contributed by atoms with Gasteiger partial charge in [0.2, 0.25) is 11.8 Å². The third-order valence-corrected chi connectivity index (χ3v) is 4.70. The first-order chi connectivity index (χ1) is 12.0. The number of carbonyl (C=O) groups is 2. The Morgan fingerprint density at radius 1 is 1.24 bits per heavy atom. The molecule has 2 heterocycles. The highest BCUT2D eigenvalue weighted by atomic mass is 16.2. The largest absolute Gasteiger partial charge is 0.344 e.